The van der Waals surface area contributed by atoms with Gasteiger partial charge in [0.05, 0.1) is 23.6 Å². The Labute approximate surface area is 170 Å². The van der Waals surface area contributed by atoms with Crippen LogP contribution in [0, 0.1) is 0 Å². The Morgan fingerprint density at radius 2 is 1.63 bits per heavy atom. The van der Waals surface area contributed by atoms with Crippen LogP contribution in [0.1, 0.15) is 24.4 Å². The van der Waals surface area contributed by atoms with Crippen LogP contribution in [0.4, 0.5) is 0 Å². The van der Waals surface area contributed by atoms with E-state index >= 15 is 0 Å². The van der Waals surface area contributed by atoms with Gasteiger partial charge in [0, 0.05) is 41.8 Å². The first kappa shape index (κ1) is 18.8. The van der Waals surface area contributed by atoms with Crippen molar-refractivity contribution in [1.29, 1.82) is 0 Å². The molecular weight excluding hydrogens is 379 g/mol. The van der Waals surface area contributed by atoms with Gasteiger partial charge in [0.25, 0.3) is 0 Å². The monoisotopic (exact) mass is 402 g/mol. The quantitative estimate of drug-likeness (QED) is 0.631. The highest BCUT2D eigenvalue weighted by Crippen LogP contribution is 2.30. The molecule has 1 aromatic heterocycles. The molecule has 0 saturated carbocycles. The second-order valence-corrected chi connectivity index (χ2v) is 8.07. The molecule has 6 heteroatoms. The first-order valence-electron chi connectivity index (χ1n) is 9.35. The number of benzene rings is 2. The van der Waals surface area contributed by atoms with Gasteiger partial charge >= 0.3 is 0 Å². The Morgan fingerprint density at radius 1 is 0.963 bits per heavy atom. The minimum Gasteiger partial charge on any atom is -0.322 e. The molecule has 142 valence electrons. The lowest BCUT2D eigenvalue weighted by Gasteiger charge is -2.36. The lowest BCUT2D eigenvalue weighted by Crippen LogP contribution is -2.45. The van der Waals surface area contributed by atoms with Crippen molar-refractivity contribution in [3.05, 3.63) is 63.9 Å². The van der Waals surface area contributed by atoms with Gasteiger partial charge in [0.15, 0.2) is 0 Å². The summed E-state index contributed by atoms with van der Waals surface area (Å²) in [4.78, 5) is 9.86. The molecular formula is C21H24Cl2N4. The maximum atomic E-state index is 6.46. The van der Waals surface area contributed by atoms with E-state index < -0.39 is 0 Å². The molecule has 1 saturated heterocycles. The van der Waals surface area contributed by atoms with Crippen molar-refractivity contribution in [3.8, 4) is 0 Å². The fraction of sp³-hybridized carbons (Fsp3) is 0.381. The second kappa shape index (κ2) is 7.80. The highest BCUT2D eigenvalue weighted by atomic mass is 35.5. The van der Waals surface area contributed by atoms with E-state index in [-0.39, 0.29) is 6.04 Å². The normalized spacial score (nSPS) is 17.5. The van der Waals surface area contributed by atoms with E-state index in [0.29, 0.717) is 16.6 Å². The molecule has 0 aliphatic carbocycles. The summed E-state index contributed by atoms with van der Waals surface area (Å²) in [5, 5.41) is 1.39. The van der Waals surface area contributed by atoms with E-state index in [1.54, 1.807) is 0 Å². The summed E-state index contributed by atoms with van der Waals surface area (Å²) in [6, 6.07) is 14.2. The summed E-state index contributed by atoms with van der Waals surface area (Å²) in [5.41, 5.74) is 3.07. The van der Waals surface area contributed by atoms with Crippen molar-refractivity contribution >= 4 is 34.2 Å². The van der Waals surface area contributed by atoms with Gasteiger partial charge in [-0.05, 0) is 38.2 Å². The van der Waals surface area contributed by atoms with Crippen molar-refractivity contribution in [2.45, 2.75) is 19.5 Å². The zero-order valence-corrected chi connectivity index (χ0v) is 17.2. The molecule has 1 aliphatic rings. The molecule has 0 radical (unpaired) electrons. The molecule has 27 heavy (non-hydrogen) atoms. The number of nitrogens with zero attached hydrogens (tertiary/aromatic N) is 4. The third-order valence-corrected chi connectivity index (χ3v) is 6.23. The van der Waals surface area contributed by atoms with Crippen molar-refractivity contribution in [1.82, 2.24) is 19.4 Å². The summed E-state index contributed by atoms with van der Waals surface area (Å²) >= 11 is 12.9. The number of fused-ring (bicyclic) bond motifs is 1. The molecule has 4 rings (SSSR count). The van der Waals surface area contributed by atoms with Crippen LogP contribution in [-0.4, -0.2) is 52.6 Å². The lowest BCUT2D eigenvalue weighted by molar-refractivity contribution is 0.114. The van der Waals surface area contributed by atoms with Crippen LogP contribution in [0.3, 0.4) is 0 Å². The van der Waals surface area contributed by atoms with Gasteiger partial charge in [-0.15, -0.1) is 0 Å². The number of hydrogen-bond acceptors (Lipinski definition) is 3. The summed E-state index contributed by atoms with van der Waals surface area (Å²) in [5.74, 6) is 1.07. The summed E-state index contributed by atoms with van der Waals surface area (Å²) < 4.78 is 2.27. The van der Waals surface area contributed by atoms with Crippen LogP contribution >= 0.6 is 23.2 Å². The zero-order chi connectivity index (χ0) is 19.0. The Balaban J connectivity index is 1.75. The fourth-order valence-corrected chi connectivity index (χ4v) is 4.31. The predicted molar refractivity (Wildman–Crippen MR) is 113 cm³/mol. The van der Waals surface area contributed by atoms with Gasteiger partial charge in [-0.3, -0.25) is 4.90 Å². The lowest BCUT2D eigenvalue weighted by atomic mass is 10.2. The molecule has 4 nitrogen and oxygen atoms in total. The molecule has 1 fully saturated rings. The smallest absolute Gasteiger partial charge is 0.127 e. The number of hydrogen-bond donors (Lipinski definition) is 0. The van der Waals surface area contributed by atoms with Crippen LogP contribution in [0.15, 0.2) is 42.5 Å². The van der Waals surface area contributed by atoms with Crippen molar-refractivity contribution in [3.63, 3.8) is 0 Å². The van der Waals surface area contributed by atoms with Gasteiger partial charge in [0.2, 0.25) is 0 Å². The van der Waals surface area contributed by atoms with Crippen LogP contribution in [-0.2, 0) is 6.54 Å². The van der Waals surface area contributed by atoms with E-state index in [2.05, 4.69) is 46.5 Å². The number of halogens is 2. The average molecular weight is 403 g/mol. The van der Waals surface area contributed by atoms with Crippen LogP contribution in [0.25, 0.3) is 11.0 Å². The Bertz CT molecular complexity index is 924. The third-order valence-electron chi connectivity index (χ3n) is 5.52. The van der Waals surface area contributed by atoms with E-state index in [9.17, 15) is 0 Å². The largest absolute Gasteiger partial charge is 0.322 e. The second-order valence-electron chi connectivity index (χ2n) is 7.26. The number of aromatic nitrogens is 2. The molecule has 2 heterocycles. The first-order chi connectivity index (χ1) is 13.0. The number of para-hydroxylation sites is 2. The summed E-state index contributed by atoms with van der Waals surface area (Å²) in [6.07, 6.45) is 0. The SMILES string of the molecule is CC(c1nc2ccccc2n1Cc1c(Cl)cccc1Cl)N1CCN(C)CC1. The summed E-state index contributed by atoms with van der Waals surface area (Å²) in [7, 11) is 2.18. The van der Waals surface area contributed by atoms with Crippen LogP contribution in [0.2, 0.25) is 10.0 Å². The van der Waals surface area contributed by atoms with E-state index in [1.807, 2.05) is 24.3 Å². The number of rotatable bonds is 4. The molecule has 0 spiro atoms. The van der Waals surface area contributed by atoms with Crippen LogP contribution in [0.5, 0.6) is 0 Å². The minimum atomic E-state index is 0.229. The van der Waals surface area contributed by atoms with E-state index in [4.69, 9.17) is 28.2 Å². The molecule has 0 amide bonds. The maximum Gasteiger partial charge on any atom is 0.127 e. The third kappa shape index (κ3) is 3.72. The van der Waals surface area contributed by atoms with Gasteiger partial charge in [-0.2, -0.15) is 0 Å². The topological polar surface area (TPSA) is 24.3 Å². The molecule has 3 aromatic rings. The first-order valence-corrected chi connectivity index (χ1v) is 10.1. The van der Waals surface area contributed by atoms with E-state index in [0.717, 1.165) is 48.6 Å². The zero-order valence-electron chi connectivity index (χ0n) is 15.7. The van der Waals surface area contributed by atoms with Gasteiger partial charge in [-0.25, -0.2) is 4.98 Å². The maximum absolute atomic E-state index is 6.46. The van der Waals surface area contributed by atoms with Crippen LogP contribution < -0.4 is 0 Å². The molecule has 0 bridgehead atoms. The van der Waals surface area contributed by atoms with Gasteiger partial charge < -0.3 is 9.47 Å². The van der Waals surface area contributed by atoms with Crippen molar-refractivity contribution < 1.29 is 0 Å². The van der Waals surface area contributed by atoms with Gasteiger partial charge in [-0.1, -0.05) is 41.4 Å². The predicted octanol–water partition coefficient (Wildman–Crippen LogP) is 4.70. The van der Waals surface area contributed by atoms with Gasteiger partial charge in [0.1, 0.15) is 5.82 Å². The number of imidazole rings is 1. The highest BCUT2D eigenvalue weighted by Gasteiger charge is 2.25. The molecule has 0 N–H and O–H groups in total. The van der Waals surface area contributed by atoms with Crippen molar-refractivity contribution in [2.24, 2.45) is 0 Å². The Hall–Kier alpha value is -1.59. The number of likely N-dealkylation sites (N-methyl/N-ethyl adjacent to an activating group) is 1. The standard InChI is InChI=1S/C21H24Cl2N4/c1-15(26-12-10-25(2)11-13-26)21-24-19-8-3-4-9-20(19)27(21)14-16-17(22)6-5-7-18(16)23/h3-9,15H,10-14H2,1-2H3. The molecule has 1 atom stereocenters. The number of piperazine rings is 1. The van der Waals surface area contributed by atoms with Crippen molar-refractivity contribution in [2.75, 3.05) is 33.2 Å². The molecule has 1 aliphatic heterocycles. The highest BCUT2D eigenvalue weighted by molar-refractivity contribution is 6.36. The Kier molecular flexibility index (Phi) is 5.42. The average Bonchev–Trinajstić information content (AvgIpc) is 3.03. The Morgan fingerprint density at radius 3 is 2.33 bits per heavy atom. The van der Waals surface area contributed by atoms with E-state index in [1.165, 1.54) is 0 Å². The molecule has 1 unspecified atom stereocenters. The fourth-order valence-electron chi connectivity index (χ4n) is 3.79. The molecule has 2 aromatic carbocycles. The minimum absolute atomic E-state index is 0.229. The summed E-state index contributed by atoms with van der Waals surface area (Å²) in [6.45, 7) is 7.13.